The van der Waals surface area contributed by atoms with Gasteiger partial charge in [-0.3, -0.25) is 14.4 Å². The Morgan fingerprint density at radius 2 is 1.42 bits per heavy atom. The van der Waals surface area contributed by atoms with Crippen LogP contribution in [0.4, 0.5) is 0 Å². The third-order valence-electron chi connectivity index (χ3n) is 8.34. The van der Waals surface area contributed by atoms with Crippen molar-refractivity contribution >= 4 is 17.8 Å². The van der Waals surface area contributed by atoms with Crippen LogP contribution in [0.2, 0.25) is 0 Å². The van der Waals surface area contributed by atoms with Crippen molar-refractivity contribution in [3.05, 3.63) is 132 Å². The monoisotopic (exact) mass is 608 g/mol. The van der Waals surface area contributed by atoms with E-state index in [2.05, 4.69) is 18.5 Å². The molecule has 0 unspecified atom stereocenters. The summed E-state index contributed by atoms with van der Waals surface area (Å²) >= 11 is 0. The molecule has 0 aliphatic carbocycles. The number of fused-ring (bicyclic) bond motifs is 1. The number of aliphatic hydroxyl groups excluding tert-OH is 1. The van der Waals surface area contributed by atoms with Crippen molar-refractivity contribution in [1.29, 1.82) is 0 Å². The largest absolute Gasteiger partial charge is 0.463 e. The maximum Gasteiger partial charge on any atom is 0.309 e. The van der Waals surface area contributed by atoms with E-state index in [4.69, 9.17) is 4.74 Å². The highest BCUT2D eigenvalue weighted by Gasteiger charge is 2.32. The number of carbonyl (C=O) groups excluding carboxylic acids is 3. The van der Waals surface area contributed by atoms with Gasteiger partial charge in [0.25, 0.3) is 0 Å². The van der Waals surface area contributed by atoms with Gasteiger partial charge in [-0.05, 0) is 54.4 Å². The van der Waals surface area contributed by atoms with E-state index in [-0.39, 0.29) is 43.5 Å². The standard InChI is InChI=1S/C38H44N2O5/c1-3-13-31(24-36(42)40-25-33-20-12-11-19-30(33)23-35(40)26-41)37(43)39-34(22-29-17-9-6-10-18-29)27-45-38(44)32(14-4-2)21-28-15-7-5-8-16-28/h3-12,15-20,31-32,34-35,41H,1-2,13-14,21-27H2,(H,39,43)/t31-,32+,34-,35+/m1/s1. The van der Waals surface area contributed by atoms with Crippen molar-refractivity contribution in [3.63, 3.8) is 0 Å². The van der Waals surface area contributed by atoms with Gasteiger partial charge in [0.1, 0.15) is 6.61 Å². The maximum atomic E-state index is 13.7. The van der Waals surface area contributed by atoms with Crippen molar-refractivity contribution in [1.82, 2.24) is 10.2 Å². The summed E-state index contributed by atoms with van der Waals surface area (Å²) in [5.74, 6) is -1.88. The molecule has 4 atom stereocenters. The Morgan fingerprint density at radius 3 is 2.04 bits per heavy atom. The summed E-state index contributed by atoms with van der Waals surface area (Å²) in [6, 6.07) is 26.5. The number of aliphatic hydroxyl groups is 1. The second-order valence-corrected chi connectivity index (χ2v) is 11.7. The summed E-state index contributed by atoms with van der Waals surface area (Å²) in [4.78, 5) is 42.2. The molecule has 3 aromatic carbocycles. The van der Waals surface area contributed by atoms with Gasteiger partial charge in [-0.2, -0.15) is 0 Å². The summed E-state index contributed by atoms with van der Waals surface area (Å²) in [5, 5.41) is 13.1. The molecule has 0 spiro atoms. The van der Waals surface area contributed by atoms with E-state index >= 15 is 0 Å². The third-order valence-corrected chi connectivity index (χ3v) is 8.34. The number of esters is 1. The van der Waals surface area contributed by atoms with Gasteiger partial charge in [0, 0.05) is 13.0 Å². The molecule has 1 heterocycles. The van der Waals surface area contributed by atoms with Crippen LogP contribution in [0.3, 0.4) is 0 Å². The summed E-state index contributed by atoms with van der Waals surface area (Å²) in [6.45, 7) is 7.86. The Morgan fingerprint density at radius 1 is 0.844 bits per heavy atom. The average molecular weight is 609 g/mol. The fourth-order valence-corrected chi connectivity index (χ4v) is 5.89. The van der Waals surface area contributed by atoms with Crippen LogP contribution >= 0.6 is 0 Å². The number of hydrogen-bond acceptors (Lipinski definition) is 5. The third kappa shape index (κ3) is 9.75. The maximum absolute atomic E-state index is 13.7. The Kier molecular flexibility index (Phi) is 12.7. The van der Waals surface area contributed by atoms with Crippen LogP contribution in [0, 0.1) is 11.8 Å². The van der Waals surface area contributed by atoms with E-state index in [1.807, 2.05) is 84.9 Å². The smallest absolute Gasteiger partial charge is 0.309 e. The zero-order chi connectivity index (χ0) is 32.0. The summed E-state index contributed by atoms with van der Waals surface area (Å²) in [6.07, 6.45) is 5.67. The lowest BCUT2D eigenvalue weighted by atomic mass is 9.92. The minimum absolute atomic E-state index is 0.00779. The Bertz CT molecular complexity index is 1420. The van der Waals surface area contributed by atoms with Gasteiger partial charge in [0.2, 0.25) is 11.8 Å². The molecule has 45 heavy (non-hydrogen) atoms. The van der Waals surface area contributed by atoms with Crippen LogP contribution in [0.15, 0.2) is 110 Å². The van der Waals surface area contributed by atoms with Crippen molar-refractivity contribution in [2.24, 2.45) is 11.8 Å². The lowest BCUT2D eigenvalue weighted by molar-refractivity contribution is -0.149. The second kappa shape index (κ2) is 17.1. The topological polar surface area (TPSA) is 95.9 Å². The lowest BCUT2D eigenvalue weighted by Gasteiger charge is -2.36. The predicted molar refractivity (Wildman–Crippen MR) is 176 cm³/mol. The van der Waals surface area contributed by atoms with Crippen molar-refractivity contribution < 1.29 is 24.2 Å². The molecule has 1 aliphatic heterocycles. The van der Waals surface area contributed by atoms with E-state index in [0.717, 1.165) is 22.3 Å². The normalized spacial score (nSPS) is 16.0. The molecule has 2 amide bonds. The van der Waals surface area contributed by atoms with Crippen LogP contribution in [-0.2, 0) is 44.9 Å². The highest BCUT2D eigenvalue weighted by atomic mass is 16.5. The summed E-state index contributed by atoms with van der Waals surface area (Å²) in [7, 11) is 0. The number of benzene rings is 3. The van der Waals surface area contributed by atoms with Crippen LogP contribution in [0.1, 0.15) is 41.5 Å². The molecule has 3 aromatic rings. The number of ether oxygens (including phenoxy) is 1. The van der Waals surface area contributed by atoms with Crippen molar-refractivity contribution in [2.45, 2.75) is 57.2 Å². The Balaban J connectivity index is 1.44. The molecule has 0 radical (unpaired) electrons. The second-order valence-electron chi connectivity index (χ2n) is 11.7. The SMILES string of the molecule is C=CC[C@H](CC(=O)N1Cc2ccccc2C[C@H]1CO)C(=O)N[C@@H](COC(=O)[C@@H](CC=C)Cc1ccccc1)Cc1ccccc1. The van der Waals surface area contributed by atoms with Crippen LogP contribution in [0.5, 0.6) is 0 Å². The molecule has 0 saturated carbocycles. The number of hydrogen-bond donors (Lipinski definition) is 2. The van der Waals surface area contributed by atoms with Crippen molar-refractivity contribution in [2.75, 3.05) is 13.2 Å². The first-order valence-corrected chi connectivity index (χ1v) is 15.7. The van der Waals surface area contributed by atoms with Gasteiger partial charge in [0.15, 0.2) is 0 Å². The van der Waals surface area contributed by atoms with Gasteiger partial charge < -0.3 is 20.1 Å². The summed E-state index contributed by atoms with van der Waals surface area (Å²) in [5.41, 5.74) is 4.19. The number of nitrogens with one attached hydrogen (secondary N) is 1. The lowest BCUT2D eigenvalue weighted by Crippen LogP contribution is -2.48. The first kappa shape index (κ1) is 33.4. The zero-order valence-corrected chi connectivity index (χ0v) is 25.9. The molecule has 4 rings (SSSR count). The highest BCUT2D eigenvalue weighted by Crippen LogP contribution is 2.25. The Labute approximate surface area is 266 Å². The summed E-state index contributed by atoms with van der Waals surface area (Å²) < 4.78 is 5.82. The molecule has 0 fully saturated rings. The molecule has 2 N–H and O–H groups in total. The average Bonchev–Trinajstić information content (AvgIpc) is 3.06. The molecular weight excluding hydrogens is 564 g/mol. The fraction of sp³-hybridized carbons (Fsp3) is 0.342. The van der Waals surface area contributed by atoms with Crippen LogP contribution in [-0.4, -0.2) is 53.1 Å². The number of carbonyl (C=O) groups is 3. The minimum Gasteiger partial charge on any atom is -0.463 e. The van der Waals surface area contributed by atoms with Gasteiger partial charge in [-0.1, -0.05) is 97.1 Å². The fourth-order valence-electron chi connectivity index (χ4n) is 5.89. The number of amides is 2. The number of rotatable bonds is 16. The van der Waals surface area contributed by atoms with Gasteiger partial charge in [0.05, 0.1) is 30.5 Å². The Hall–Kier alpha value is -4.49. The zero-order valence-electron chi connectivity index (χ0n) is 25.9. The number of allylic oxidation sites excluding steroid dienone is 2. The molecule has 1 aliphatic rings. The first-order chi connectivity index (χ1) is 21.9. The first-order valence-electron chi connectivity index (χ1n) is 15.7. The van der Waals surface area contributed by atoms with Gasteiger partial charge in [-0.15, -0.1) is 13.2 Å². The predicted octanol–water partition coefficient (Wildman–Crippen LogP) is 5.22. The van der Waals surface area contributed by atoms with Crippen LogP contribution < -0.4 is 5.32 Å². The van der Waals surface area contributed by atoms with Crippen LogP contribution in [0.25, 0.3) is 0 Å². The molecule has 0 aromatic heterocycles. The quantitative estimate of drug-likeness (QED) is 0.172. The van der Waals surface area contributed by atoms with Gasteiger partial charge in [-0.25, -0.2) is 0 Å². The number of nitrogens with zero attached hydrogens (tertiary/aromatic N) is 1. The van der Waals surface area contributed by atoms with Gasteiger partial charge >= 0.3 is 5.97 Å². The van der Waals surface area contributed by atoms with Crippen molar-refractivity contribution in [3.8, 4) is 0 Å². The van der Waals surface area contributed by atoms with E-state index in [1.54, 1.807) is 17.1 Å². The van der Waals surface area contributed by atoms with E-state index in [1.165, 1.54) is 0 Å². The molecule has 236 valence electrons. The van der Waals surface area contributed by atoms with E-state index < -0.39 is 17.9 Å². The molecule has 7 nitrogen and oxygen atoms in total. The molecule has 7 heteroatoms. The van der Waals surface area contributed by atoms with E-state index in [9.17, 15) is 19.5 Å². The van der Waals surface area contributed by atoms with E-state index in [0.29, 0.717) is 38.6 Å². The highest BCUT2D eigenvalue weighted by molar-refractivity contribution is 5.86. The molecular formula is C38H44N2O5. The molecule has 0 saturated heterocycles. The minimum atomic E-state index is -0.660. The molecule has 0 bridgehead atoms.